The van der Waals surface area contributed by atoms with Gasteiger partial charge in [-0.3, -0.25) is 9.59 Å². The molecule has 1 aromatic rings. The third-order valence-electron chi connectivity index (χ3n) is 3.20. The summed E-state index contributed by atoms with van der Waals surface area (Å²) in [6.45, 7) is 3.57. The van der Waals surface area contributed by atoms with Crippen LogP contribution in [0.15, 0.2) is 12.1 Å². The van der Waals surface area contributed by atoms with Gasteiger partial charge in [0.1, 0.15) is 6.29 Å². The molecule has 0 spiro atoms. The first-order chi connectivity index (χ1) is 10.1. The molecule has 21 heavy (non-hydrogen) atoms. The smallest absolute Gasteiger partial charge is 0.265 e. The molecule has 6 nitrogen and oxygen atoms in total. The van der Waals surface area contributed by atoms with Crippen LogP contribution >= 0.6 is 0 Å². The van der Waals surface area contributed by atoms with Gasteiger partial charge in [-0.25, -0.2) is 0 Å². The molecule has 114 valence electrons. The van der Waals surface area contributed by atoms with Crippen molar-refractivity contribution in [1.82, 2.24) is 4.90 Å². The van der Waals surface area contributed by atoms with Gasteiger partial charge in [-0.05, 0) is 33.2 Å². The second kappa shape index (κ2) is 6.58. The van der Waals surface area contributed by atoms with E-state index >= 15 is 0 Å². The van der Waals surface area contributed by atoms with Crippen molar-refractivity contribution in [3.05, 3.63) is 17.7 Å². The largest absolute Gasteiger partial charge is 0.490 e. The number of hydrogen-bond acceptors (Lipinski definition) is 5. The SMILES string of the molecule is CCOc1cc(C=O)cc2c1OCC(=O)N2CCN(C)C. The number of fused-ring (bicyclic) bond motifs is 1. The molecule has 0 aliphatic carbocycles. The molecule has 1 aliphatic rings. The zero-order valence-electron chi connectivity index (χ0n) is 12.6. The monoisotopic (exact) mass is 292 g/mol. The van der Waals surface area contributed by atoms with Gasteiger partial charge < -0.3 is 19.3 Å². The molecule has 0 bridgehead atoms. The number of amides is 1. The number of anilines is 1. The van der Waals surface area contributed by atoms with E-state index in [0.717, 1.165) is 12.8 Å². The van der Waals surface area contributed by atoms with E-state index in [9.17, 15) is 9.59 Å². The first kappa shape index (κ1) is 15.3. The van der Waals surface area contributed by atoms with Crippen LogP contribution in [0.1, 0.15) is 17.3 Å². The number of benzene rings is 1. The number of carbonyl (C=O) groups is 2. The van der Waals surface area contributed by atoms with Gasteiger partial charge in [-0.15, -0.1) is 0 Å². The molecule has 2 rings (SSSR count). The first-order valence-electron chi connectivity index (χ1n) is 6.90. The topological polar surface area (TPSA) is 59.1 Å². The lowest BCUT2D eigenvalue weighted by atomic mass is 10.1. The van der Waals surface area contributed by atoms with Crippen LogP contribution in [-0.4, -0.2) is 57.5 Å². The molecule has 0 aromatic heterocycles. The van der Waals surface area contributed by atoms with E-state index in [0.29, 0.717) is 35.9 Å². The average molecular weight is 292 g/mol. The molecule has 0 radical (unpaired) electrons. The maximum Gasteiger partial charge on any atom is 0.265 e. The predicted molar refractivity (Wildman–Crippen MR) is 79.4 cm³/mol. The van der Waals surface area contributed by atoms with Crippen molar-refractivity contribution >= 4 is 17.9 Å². The molecule has 6 heteroatoms. The minimum Gasteiger partial charge on any atom is -0.490 e. The van der Waals surface area contributed by atoms with Crippen molar-refractivity contribution < 1.29 is 19.1 Å². The summed E-state index contributed by atoms with van der Waals surface area (Å²) in [5.41, 5.74) is 1.06. The van der Waals surface area contributed by atoms with Gasteiger partial charge in [0.2, 0.25) is 0 Å². The number of aldehydes is 1. The minimum absolute atomic E-state index is 0.0130. The van der Waals surface area contributed by atoms with Crippen LogP contribution in [0.5, 0.6) is 11.5 Å². The fourth-order valence-electron chi connectivity index (χ4n) is 2.18. The van der Waals surface area contributed by atoms with Crippen LogP contribution in [0.2, 0.25) is 0 Å². The highest BCUT2D eigenvalue weighted by molar-refractivity contribution is 5.99. The van der Waals surface area contributed by atoms with Crippen LogP contribution < -0.4 is 14.4 Å². The summed E-state index contributed by atoms with van der Waals surface area (Å²) in [6.07, 6.45) is 0.742. The number of carbonyl (C=O) groups excluding carboxylic acids is 2. The molecule has 0 saturated heterocycles. The fraction of sp³-hybridized carbons (Fsp3) is 0.467. The van der Waals surface area contributed by atoms with Crippen LogP contribution in [0.4, 0.5) is 5.69 Å². The van der Waals surface area contributed by atoms with Gasteiger partial charge in [0.25, 0.3) is 5.91 Å². The summed E-state index contributed by atoms with van der Waals surface area (Å²) >= 11 is 0. The fourth-order valence-corrected chi connectivity index (χ4v) is 2.18. The number of rotatable bonds is 6. The van der Waals surface area contributed by atoms with E-state index in [1.165, 1.54) is 0 Å². The van der Waals surface area contributed by atoms with E-state index in [1.807, 2.05) is 25.9 Å². The van der Waals surface area contributed by atoms with Crippen LogP contribution in [0.3, 0.4) is 0 Å². The Morgan fingerprint density at radius 2 is 2.19 bits per heavy atom. The Balaban J connectivity index is 2.42. The maximum atomic E-state index is 12.1. The van der Waals surface area contributed by atoms with Crippen LogP contribution in [-0.2, 0) is 4.79 Å². The number of hydrogen-bond donors (Lipinski definition) is 0. The molecular formula is C15H20N2O4. The summed E-state index contributed by atoms with van der Waals surface area (Å²) < 4.78 is 11.0. The van der Waals surface area contributed by atoms with E-state index in [4.69, 9.17) is 9.47 Å². The lowest BCUT2D eigenvalue weighted by Gasteiger charge is -2.31. The Bertz CT molecular complexity index is 543. The number of ether oxygens (including phenoxy) is 2. The summed E-state index contributed by atoms with van der Waals surface area (Å²) in [5, 5.41) is 0. The normalized spacial score (nSPS) is 13.9. The van der Waals surface area contributed by atoms with Gasteiger partial charge in [-0.1, -0.05) is 0 Å². The molecule has 1 amide bonds. The summed E-state index contributed by atoms with van der Waals surface area (Å²) in [6, 6.07) is 3.30. The molecule has 1 aliphatic heterocycles. The van der Waals surface area contributed by atoms with Crippen molar-refractivity contribution in [1.29, 1.82) is 0 Å². The summed E-state index contributed by atoms with van der Waals surface area (Å²) in [5.74, 6) is 0.912. The standard InChI is InChI=1S/C15H20N2O4/c1-4-20-13-8-11(9-18)7-12-15(13)21-10-14(19)17(12)6-5-16(2)3/h7-9H,4-6,10H2,1-3H3. The van der Waals surface area contributed by atoms with E-state index < -0.39 is 0 Å². The first-order valence-corrected chi connectivity index (χ1v) is 6.90. The van der Waals surface area contributed by atoms with Crippen molar-refractivity contribution in [3.8, 4) is 11.5 Å². The number of nitrogens with zero attached hydrogens (tertiary/aromatic N) is 2. The van der Waals surface area contributed by atoms with Crippen molar-refractivity contribution in [2.75, 3.05) is 45.3 Å². The van der Waals surface area contributed by atoms with Gasteiger partial charge in [0, 0.05) is 18.7 Å². The van der Waals surface area contributed by atoms with Crippen molar-refractivity contribution in [2.24, 2.45) is 0 Å². The number of likely N-dealkylation sites (N-methyl/N-ethyl adjacent to an activating group) is 1. The molecule has 0 fully saturated rings. The Morgan fingerprint density at radius 3 is 2.81 bits per heavy atom. The zero-order chi connectivity index (χ0) is 15.4. The minimum atomic E-state index is -0.116. The quantitative estimate of drug-likeness (QED) is 0.737. The van der Waals surface area contributed by atoms with Crippen LogP contribution in [0.25, 0.3) is 0 Å². The van der Waals surface area contributed by atoms with Gasteiger partial charge in [0.05, 0.1) is 12.3 Å². The molecule has 1 aromatic carbocycles. The lowest BCUT2D eigenvalue weighted by molar-refractivity contribution is -0.121. The highest BCUT2D eigenvalue weighted by atomic mass is 16.5. The van der Waals surface area contributed by atoms with E-state index in [1.54, 1.807) is 17.0 Å². The molecule has 0 atom stereocenters. The highest BCUT2D eigenvalue weighted by Crippen LogP contribution is 2.41. The van der Waals surface area contributed by atoms with Gasteiger partial charge in [0.15, 0.2) is 18.1 Å². The summed E-state index contributed by atoms with van der Waals surface area (Å²) in [7, 11) is 3.89. The molecule has 0 saturated carbocycles. The molecular weight excluding hydrogens is 272 g/mol. The average Bonchev–Trinajstić information content (AvgIpc) is 2.45. The zero-order valence-corrected chi connectivity index (χ0v) is 12.6. The van der Waals surface area contributed by atoms with Gasteiger partial charge in [-0.2, -0.15) is 0 Å². The van der Waals surface area contributed by atoms with Crippen molar-refractivity contribution in [2.45, 2.75) is 6.92 Å². The van der Waals surface area contributed by atoms with E-state index in [-0.39, 0.29) is 12.5 Å². The Hall–Kier alpha value is -2.08. The predicted octanol–water partition coefficient (Wildman–Crippen LogP) is 1.18. The molecule has 0 unspecified atom stereocenters. The second-order valence-electron chi connectivity index (χ2n) is 5.06. The second-order valence-corrected chi connectivity index (χ2v) is 5.06. The van der Waals surface area contributed by atoms with Gasteiger partial charge >= 0.3 is 0 Å². The molecule has 1 heterocycles. The lowest BCUT2D eigenvalue weighted by Crippen LogP contribution is -2.42. The Morgan fingerprint density at radius 1 is 1.43 bits per heavy atom. The molecule has 0 N–H and O–H groups in total. The van der Waals surface area contributed by atoms with Crippen LogP contribution in [0, 0.1) is 0 Å². The Labute approximate surface area is 124 Å². The van der Waals surface area contributed by atoms with E-state index in [2.05, 4.69) is 0 Å². The third kappa shape index (κ3) is 3.33. The summed E-state index contributed by atoms with van der Waals surface area (Å²) in [4.78, 5) is 26.8. The third-order valence-corrected chi connectivity index (χ3v) is 3.20. The van der Waals surface area contributed by atoms with Crippen molar-refractivity contribution in [3.63, 3.8) is 0 Å². The highest BCUT2D eigenvalue weighted by Gasteiger charge is 2.28. The maximum absolute atomic E-state index is 12.1. The Kier molecular flexibility index (Phi) is 4.80.